The number of carbonyl (C=O) groups excluding carboxylic acids is 2. The van der Waals surface area contributed by atoms with E-state index in [9.17, 15) is 14.7 Å². The summed E-state index contributed by atoms with van der Waals surface area (Å²) in [5.74, 6) is -1.21. The zero-order chi connectivity index (χ0) is 23.0. The molecule has 3 aromatic rings. The summed E-state index contributed by atoms with van der Waals surface area (Å²) in [5.41, 5.74) is 4.43. The molecular formula is C25H26N4O3. The van der Waals surface area contributed by atoms with Crippen LogP contribution in [0.4, 0.5) is 0 Å². The molecule has 164 valence electrons. The van der Waals surface area contributed by atoms with Gasteiger partial charge in [0.2, 0.25) is 0 Å². The number of benzene rings is 1. The van der Waals surface area contributed by atoms with Gasteiger partial charge in [0.05, 0.1) is 22.9 Å². The van der Waals surface area contributed by atoms with Crippen molar-refractivity contribution in [2.45, 2.75) is 46.2 Å². The average Bonchev–Trinajstić information content (AvgIpc) is 3.25. The predicted molar refractivity (Wildman–Crippen MR) is 121 cm³/mol. The van der Waals surface area contributed by atoms with Crippen LogP contribution in [0.1, 0.15) is 59.4 Å². The number of nitrogens with zero attached hydrogens (tertiary/aromatic N) is 3. The average molecular weight is 431 g/mol. The quantitative estimate of drug-likeness (QED) is 0.360. The van der Waals surface area contributed by atoms with Crippen LogP contribution in [0, 0.1) is 13.8 Å². The minimum Gasteiger partial charge on any atom is -0.507 e. The van der Waals surface area contributed by atoms with E-state index in [0.717, 1.165) is 16.7 Å². The molecule has 1 atom stereocenters. The van der Waals surface area contributed by atoms with Gasteiger partial charge in [-0.2, -0.15) is 5.10 Å². The normalized spacial score (nSPS) is 18.0. The third-order valence-electron chi connectivity index (χ3n) is 5.90. The molecule has 0 bridgehead atoms. The summed E-state index contributed by atoms with van der Waals surface area (Å²) in [5, 5.41) is 18.2. The van der Waals surface area contributed by atoms with Crippen molar-refractivity contribution in [2.75, 3.05) is 0 Å². The number of aliphatic hydroxyl groups excluding tert-OH is 1. The molecule has 1 fully saturated rings. The Hall–Kier alpha value is -3.74. The molecule has 7 heteroatoms. The Morgan fingerprint density at radius 3 is 2.44 bits per heavy atom. The molecule has 0 radical (unpaired) electrons. The van der Waals surface area contributed by atoms with Crippen LogP contribution in [0.5, 0.6) is 0 Å². The Kier molecular flexibility index (Phi) is 5.65. The number of pyridine rings is 1. The first-order valence-corrected chi connectivity index (χ1v) is 10.6. The Bertz CT molecular complexity index is 1170. The van der Waals surface area contributed by atoms with Crippen LogP contribution >= 0.6 is 0 Å². The topological polar surface area (TPSA) is 99.2 Å². The smallest absolute Gasteiger partial charge is 0.295 e. The van der Waals surface area contributed by atoms with Gasteiger partial charge in [0.25, 0.3) is 11.7 Å². The van der Waals surface area contributed by atoms with Gasteiger partial charge in [-0.05, 0) is 42.5 Å². The lowest BCUT2D eigenvalue weighted by Crippen LogP contribution is -2.29. The van der Waals surface area contributed by atoms with E-state index in [0.29, 0.717) is 22.9 Å². The molecule has 0 aliphatic carbocycles. The molecule has 2 aromatic heterocycles. The third kappa shape index (κ3) is 3.70. The molecule has 7 nitrogen and oxygen atoms in total. The lowest BCUT2D eigenvalue weighted by molar-refractivity contribution is -0.140. The fourth-order valence-electron chi connectivity index (χ4n) is 4.18. The number of aliphatic hydroxyl groups is 1. The van der Waals surface area contributed by atoms with Gasteiger partial charge in [0, 0.05) is 24.6 Å². The summed E-state index contributed by atoms with van der Waals surface area (Å²) in [7, 11) is 0. The van der Waals surface area contributed by atoms with Crippen molar-refractivity contribution < 1.29 is 14.7 Å². The molecule has 1 aliphatic rings. The van der Waals surface area contributed by atoms with Crippen molar-refractivity contribution in [3.05, 3.63) is 88.0 Å². The van der Waals surface area contributed by atoms with Crippen molar-refractivity contribution >= 4 is 17.4 Å². The minimum absolute atomic E-state index is 0.0730. The number of hydrogen-bond donors (Lipinski definition) is 2. The van der Waals surface area contributed by atoms with Gasteiger partial charge >= 0.3 is 0 Å². The molecule has 4 rings (SSSR count). The molecule has 1 amide bonds. The standard InChI is InChI=1S/C25H26N4O3/c1-14(2)18-7-9-19(10-8-18)22-21(23(30)20-15(3)27-28-16(20)4)24(31)25(32)29(22)13-17-6-5-11-26-12-17/h5-12,14,22,30H,13H2,1-4H3,(H,27,28)/b23-21+. The molecule has 1 saturated heterocycles. The van der Waals surface area contributed by atoms with Gasteiger partial charge in [-0.3, -0.25) is 19.7 Å². The molecule has 1 aliphatic heterocycles. The lowest BCUT2D eigenvalue weighted by Gasteiger charge is -2.25. The number of ketones is 1. The van der Waals surface area contributed by atoms with Crippen molar-refractivity contribution in [3.63, 3.8) is 0 Å². The van der Waals surface area contributed by atoms with Crippen molar-refractivity contribution in [1.82, 2.24) is 20.1 Å². The highest BCUT2D eigenvalue weighted by atomic mass is 16.3. The van der Waals surface area contributed by atoms with E-state index in [1.54, 1.807) is 32.3 Å². The summed E-state index contributed by atoms with van der Waals surface area (Å²) < 4.78 is 0. The van der Waals surface area contributed by atoms with E-state index in [4.69, 9.17) is 0 Å². The molecule has 2 N–H and O–H groups in total. The summed E-state index contributed by atoms with van der Waals surface area (Å²) >= 11 is 0. The lowest BCUT2D eigenvalue weighted by atomic mass is 9.92. The number of hydrogen-bond acceptors (Lipinski definition) is 5. The highest BCUT2D eigenvalue weighted by Crippen LogP contribution is 2.41. The summed E-state index contributed by atoms with van der Waals surface area (Å²) in [6.45, 7) is 7.93. The molecule has 1 aromatic carbocycles. The number of aryl methyl sites for hydroxylation is 2. The van der Waals surface area contributed by atoms with Crippen molar-refractivity contribution in [1.29, 1.82) is 0 Å². The number of aromatic amines is 1. The first-order chi connectivity index (χ1) is 15.3. The predicted octanol–water partition coefficient (Wildman–Crippen LogP) is 4.17. The van der Waals surface area contributed by atoms with Crippen molar-refractivity contribution in [3.8, 4) is 0 Å². The molecule has 0 saturated carbocycles. The number of amides is 1. The van der Waals surface area contributed by atoms with Crippen LogP contribution < -0.4 is 0 Å². The summed E-state index contributed by atoms with van der Waals surface area (Å²) in [4.78, 5) is 31.9. The monoisotopic (exact) mass is 430 g/mol. The fraction of sp³-hybridized carbons (Fsp3) is 0.280. The first kappa shape index (κ1) is 21.5. The van der Waals surface area contributed by atoms with Gasteiger partial charge < -0.3 is 10.0 Å². The molecule has 1 unspecified atom stereocenters. The number of H-pyrrole nitrogens is 1. The van der Waals surface area contributed by atoms with Crippen LogP contribution in [0.2, 0.25) is 0 Å². The first-order valence-electron chi connectivity index (χ1n) is 10.6. The molecule has 32 heavy (non-hydrogen) atoms. The number of Topliss-reactive ketones (excluding diaryl/α,β-unsaturated/α-hetero) is 1. The van der Waals surface area contributed by atoms with Gasteiger partial charge in [0.15, 0.2) is 0 Å². The maximum Gasteiger partial charge on any atom is 0.295 e. The Balaban J connectivity index is 1.88. The second kappa shape index (κ2) is 8.42. The van der Waals surface area contributed by atoms with E-state index in [1.165, 1.54) is 4.90 Å². The zero-order valence-corrected chi connectivity index (χ0v) is 18.6. The molecule has 3 heterocycles. The molecular weight excluding hydrogens is 404 g/mol. The van der Waals surface area contributed by atoms with Gasteiger partial charge in [0.1, 0.15) is 5.76 Å². The molecule has 0 spiro atoms. The largest absolute Gasteiger partial charge is 0.507 e. The number of aromatic nitrogens is 3. The summed E-state index contributed by atoms with van der Waals surface area (Å²) in [6.07, 6.45) is 3.33. The number of carbonyl (C=O) groups is 2. The Morgan fingerprint density at radius 2 is 1.88 bits per heavy atom. The number of nitrogens with one attached hydrogen (secondary N) is 1. The third-order valence-corrected chi connectivity index (χ3v) is 5.90. The van der Waals surface area contributed by atoms with E-state index in [-0.39, 0.29) is 17.9 Å². The van der Waals surface area contributed by atoms with E-state index < -0.39 is 17.7 Å². The van der Waals surface area contributed by atoms with E-state index >= 15 is 0 Å². The second-order valence-corrected chi connectivity index (χ2v) is 8.42. The summed E-state index contributed by atoms with van der Waals surface area (Å²) in [6, 6.07) is 10.8. The Morgan fingerprint density at radius 1 is 1.16 bits per heavy atom. The maximum absolute atomic E-state index is 13.2. The van der Waals surface area contributed by atoms with E-state index in [1.807, 2.05) is 30.3 Å². The van der Waals surface area contributed by atoms with Gasteiger partial charge in [-0.15, -0.1) is 0 Å². The van der Waals surface area contributed by atoms with Gasteiger partial charge in [-0.1, -0.05) is 44.2 Å². The second-order valence-electron chi connectivity index (χ2n) is 8.42. The van der Waals surface area contributed by atoms with Crippen LogP contribution in [-0.2, 0) is 16.1 Å². The zero-order valence-electron chi connectivity index (χ0n) is 18.6. The number of rotatable bonds is 5. The Labute approximate surface area is 186 Å². The highest BCUT2D eigenvalue weighted by molar-refractivity contribution is 6.46. The fourth-order valence-corrected chi connectivity index (χ4v) is 4.18. The van der Waals surface area contributed by atoms with Crippen LogP contribution in [0.15, 0.2) is 54.4 Å². The minimum atomic E-state index is -0.717. The van der Waals surface area contributed by atoms with E-state index in [2.05, 4.69) is 29.0 Å². The SMILES string of the molecule is Cc1n[nH]c(C)c1/C(O)=C1\C(=O)C(=O)N(Cc2cccnc2)C1c1ccc(C(C)C)cc1. The maximum atomic E-state index is 13.2. The highest BCUT2D eigenvalue weighted by Gasteiger charge is 2.46. The van der Waals surface area contributed by atoms with Crippen molar-refractivity contribution in [2.24, 2.45) is 0 Å². The van der Waals surface area contributed by atoms with Gasteiger partial charge in [-0.25, -0.2) is 0 Å². The number of likely N-dealkylation sites (tertiary alicyclic amines) is 1. The van der Waals surface area contributed by atoms with Crippen LogP contribution in [0.25, 0.3) is 5.76 Å². The van der Waals surface area contributed by atoms with Crippen LogP contribution in [-0.4, -0.2) is 36.9 Å². The van der Waals surface area contributed by atoms with Crippen LogP contribution in [0.3, 0.4) is 0 Å².